The predicted octanol–water partition coefficient (Wildman–Crippen LogP) is 2.51. The van der Waals surface area contributed by atoms with E-state index in [9.17, 15) is 9.18 Å². The molecule has 0 atom stereocenters. The molecule has 0 fully saturated rings. The zero-order chi connectivity index (χ0) is 15.5. The molecule has 2 N–H and O–H groups in total. The van der Waals surface area contributed by atoms with Crippen molar-refractivity contribution in [2.24, 2.45) is 0 Å². The second kappa shape index (κ2) is 5.80. The molecule has 1 amide bonds. The standard InChI is InChI=1S/C15H13FN4O2/c1-9(21)18-6-10-5-13(20-22-10)11-3-2-4-12(16)15(11)14-7-17-8-19-14/h2-5,7-8H,6H2,1H3,(H,17,19)(H,18,21). The molecule has 0 aliphatic heterocycles. The van der Waals surface area contributed by atoms with Crippen molar-refractivity contribution in [3.8, 4) is 22.5 Å². The SMILES string of the molecule is CC(=O)NCc1cc(-c2cccc(F)c2-c2c[nH]cn2)no1. The monoisotopic (exact) mass is 300 g/mol. The van der Waals surface area contributed by atoms with Crippen molar-refractivity contribution in [3.63, 3.8) is 0 Å². The van der Waals surface area contributed by atoms with E-state index < -0.39 is 5.82 Å². The number of aromatic nitrogens is 3. The minimum absolute atomic E-state index is 0.166. The minimum atomic E-state index is -0.393. The summed E-state index contributed by atoms with van der Waals surface area (Å²) in [7, 11) is 0. The Morgan fingerprint density at radius 1 is 1.41 bits per heavy atom. The van der Waals surface area contributed by atoms with Gasteiger partial charge in [0.25, 0.3) is 0 Å². The van der Waals surface area contributed by atoms with Gasteiger partial charge in [-0.3, -0.25) is 4.79 Å². The first-order valence-electron chi connectivity index (χ1n) is 6.63. The summed E-state index contributed by atoms with van der Waals surface area (Å²) in [6.45, 7) is 1.65. The van der Waals surface area contributed by atoms with Crippen LogP contribution in [0.4, 0.5) is 4.39 Å². The second-order valence-corrected chi connectivity index (χ2v) is 4.71. The number of carbonyl (C=O) groups is 1. The maximum Gasteiger partial charge on any atom is 0.217 e. The summed E-state index contributed by atoms with van der Waals surface area (Å²) in [6.07, 6.45) is 3.09. The van der Waals surface area contributed by atoms with Gasteiger partial charge in [0, 0.05) is 30.3 Å². The summed E-state index contributed by atoms with van der Waals surface area (Å²) >= 11 is 0. The Bertz CT molecular complexity index is 796. The summed E-state index contributed by atoms with van der Waals surface area (Å²) in [5.41, 5.74) is 1.89. The number of imidazole rings is 1. The molecule has 3 aromatic rings. The highest BCUT2D eigenvalue weighted by Crippen LogP contribution is 2.32. The third-order valence-electron chi connectivity index (χ3n) is 3.11. The molecule has 7 heteroatoms. The smallest absolute Gasteiger partial charge is 0.217 e. The van der Waals surface area contributed by atoms with Crippen LogP contribution in [0.1, 0.15) is 12.7 Å². The Kier molecular flexibility index (Phi) is 3.69. The van der Waals surface area contributed by atoms with E-state index in [0.29, 0.717) is 28.3 Å². The molecule has 0 aliphatic rings. The number of nitrogens with zero attached hydrogens (tertiary/aromatic N) is 2. The van der Waals surface area contributed by atoms with Gasteiger partial charge in [-0.15, -0.1) is 0 Å². The van der Waals surface area contributed by atoms with Crippen LogP contribution in [0.5, 0.6) is 0 Å². The Morgan fingerprint density at radius 2 is 2.27 bits per heavy atom. The van der Waals surface area contributed by atoms with Crippen LogP contribution in [0, 0.1) is 5.82 Å². The molecule has 0 saturated carbocycles. The van der Waals surface area contributed by atoms with Gasteiger partial charge in [-0.1, -0.05) is 17.3 Å². The molecule has 112 valence electrons. The average molecular weight is 300 g/mol. The van der Waals surface area contributed by atoms with Crippen molar-refractivity contribution in [1.29, 1.82) is 0 Å². The Hall–Kier alpha value is -2.96. The van der Waals surface area contributed by atoms with E-state index in [1.807, 2.05) is 0 Å². The lowest BCUT2D eigenvalue weighted by molar-refractivity contribution is -0.119. The quantitative estimate of drug-likeness (QED) is 0.775. The number of hydrogen-bond donors (Lipinski definition) is 2. The summed E-state index contributed by atoms with van der Waals surface area (Å²) in [5.74, 6) is -0.0700. The van der Waals surface area contributed by atoms with Gasteiger partial charge in [-0.2, -0.15) is 0 Å². The van der Waals surface area contributed by atoms with Crippen molar-refractivity contribution >= 4 is 5.91 Å². The van der Waals surface area contributed by atoms with Crippen LogP contribution in [0.25, 0.3) is 22.5 Å². The average Bonchev–Trinajstić information content (AvgIpc) is 3.16. The molecule has 3 rings (SSSR count). The summed E-state index contributed by atoms with van der Waals surface area (Å²) in [6, 6.07) is 6.38. The number of rotatable bonds is 4. The molecule has 2 heterocycles. The maximum atomic E-state index is 14.2. The first kappa shape index (κ1) is 14.0. The molecule has 0 spiro atoms. The van der Waals surface area contributed by atoms with Gasteiger partial charge in [0.2, 0.25) is 5.91 Å². The molecule has 6 nitrogen and oxygen atoms in total. The predicted molar refractivity (Wildman–Crippen MR) is 77.0 cm³/mol. The lowest BCUT2D eigenvalue weighted by Gasteiger charge is -2.05. The number of amides is 1. The van der Waals surface area contributed by atoms with Crippen LogP contribution < -0.4 is 5.32 Å². The van der Waals surface area contributed by atoms with Gasteiger partial charge >= 0.3 is 0 Å². The molecule has 0 saturated heterocycles. The Morgan fingerprint density at radius 3 is 3.00 bits per heavy atom. The molecule has 0 bridgehead atoms. The molecule has 0 aliphatic carbocycles. The fourth-order valence-corrected chi connectivity index (χ4v) is 2.13. The fraction of sp³-hybridized carbons (Fsp3) is 0.133. The van der Waals surface area contributed by atoms with E-state index >= 15 is 0 Å². The molecule has 22 heavy (non-hydrogen) atoms. The zero-order valence-corrected chi connectivity index (χ0v) is 11.8. The van der Waals surface area contributed by atoms with Crippen molar-refractivity contribution < 1.29 is 13.7 Å². The second-order valence-electron chi connectivity index (χ2n) is 4.71. The normalized spacial score (nSPS) is 10.6. The topological polar surface area (TPSA) is 83.8 Å². The number of nitrogens with one attached hydrogen (secondary N) is 2. The molecule has 1 aromatic carbocycles. The van der Waals surface area contributed by atoms with Gasteiger partial charge in [-0.05, 0) is 6.07 Å². The van der Waals surface area contributed by atoms with E-state index in [4.69, 9.17) is 4.52 Å². The number of hydrogen-bond acceptors (Lipinski definition) is 4. The highest BCUT2D eigenvalue weighted by Gasteiger charge is 2.17. The number of aromatic amines is 1. The van der Waals surface area contributed by atoms with Gasteiger partial charge < -0.3 is 14.8 Å². The highest BCUT2D eigenvalue weighted by molar-refractivity contribution is 5.80. The molecular weight excluding hydrogens is 287 g/mol. The van der Waals surface area contributed by atoms with E-state index in [2.05, 4.69) is 20.4 Å². The van der Waals surface area contributed by atoms with Gasteiger partial charge in [-0.25, -0.2) is 9.37 Å². The minimum Gasteiger partial charge on any atom is -0.359 e. The molecule has 2 aromatic heterocycles. The van der Waals surface area contributed by atoms with Crippen molar-refractivity contribution in [2.45, 2.75) is 13.5 Å². The van der Waals surface area contributed by atoms with Gasteiger partial charge in [0.1, 0.15) is 11.5 Å². The van der Waals surface area contributed by atoms with Crippen molar-refractivity contribution in [3.05, 3.63) is 48.4 Å². The first-order valence-corrected chi connectivity index (χ1v) is 6.63. The van der Waals surface area contributed by atoms with Crippen molar-refractivity contribution in [2.75, 3.05) is 0 Å². The number of carbonyl (C=O) groups excluding carboxylic acids is 1. The first-order chi connectivity index (χ1) is 10.6. The van der Waals surface area contributed by atoms with Crippen LogP contribution in [0.15, 0.2) is 41.3 Å². The van der Waals surface area contributed by atoms with Crippen molar-refractivity contribution in [1.82, 2.24) is 20.4 Å². The summed E-state index contributed by atoms with van der Waals surface area (Å²) in [5, 5.41) is 6.56. The zero-order valence-electron chi connectivity index (χ0n) is 11.8. The Labute approximate surface area is 125 Å². The van der Waals surface area contributed by atoms with Gasteiger partial charge in [0.05, 0.1) is 18.6 Å². The molecule has 0 radical (unpaired) electrons. The number of benzene rings is 1. The van der Waals surface area contributed by atoms with Crippen LogP contribution in [-0.2, 0) is 11.3 Å². The fourth-order valence-electron chi connectivity index (χ4n) is 2.13. The highest BCUT2D eigenvalue weighted by atomic mass is 19.1. The number of halogens is 1. The lowest BCUT2D eigenvalue weighted by atomic mass is 10.0. The maximum absolute atomic E-state index is 14.2. The summed E-state index contributed by atoms with van der Waals surface area (Å²) in [4.78, 5) is 17.8. The molecular formula is C15H13FN4O2. The van der Waals surface area contributed by atoms with Crippen LogP contribution in [0.2, 0.25) is 0 Å². The van der Waals surface area contributed by atoms with Gasteiger partial charge in [0.15, 0.2) is 5.76 Å². The number of H-pyrrole nitrogens is 1. The van der Waals surface area contributed by atoms with E-state index in [1.165, 1.54) is 19.3 Å². The van der Waals surface area contributed by atoms with E-state index in [1.54, 1.807) is 24.4 Å². The Balaban J connectivity index is 1.99. The summed E-state index contributed by atoms with van der Waals surface area (Å²) < 4.78 is 19.4. The third kappa shape index (κ3) is 2.73. The van der Waals surface area contributed by atoms with Crippen LogP contribution in [0.3, 0.4) is 0 Å². The third-order valence-corrected chi connectivity index (χ3v) is 3.11. The molecule has 0 unspecified atom stereocenters. The van der Waals surface area contributed by atoms with Crippen LogP contribution >= 0.6 is 0 Å². The van der Waals surface area contributed by atoms with E-state index in [-0.39, 0.29) is 12.5 Å². The lowest BCUT2D eigenvalue weighted by Crippen LogP contribution is -2.18. The largest absolute Gasteiger partial charge is 0.359 e. The van der Waals surface area contributed by atoms with E-state index in [0.717, 1.165) is 0 Å². The van der Waals surface area contributed by atoms with Crippen LogP contribution in [-0.4, -0.2) is 21.0 Å².